The summed E-state index contributed by atoms with van der Waals surface area (Å²) in [6.45, 7) is 3.91. The van der Waals surface area contributed by atoms with Crippen LogP contribution in [0.15, 0.2) is 39.7 Å². The maximum atomic E-state index is 9.32. The van der Waals surface area contributed by atoms with Gasteiger partial charge in [-0.15, -0.1) is 0 Å². The number of benzene rings is 2. The third-order valence-electron chi connectivity index (χ3n) is 4.45. The Bertz CT molecular complexity index is 1170. The first kappa shape index (κ1) is 22.5. The lowest BCUT2D eigenvalue weighted by Crippen LogP contribution is -2.01. The summed E-state index contributed by atoms with van der Waals surface area (Å²) < 4.78 is 17.9. The first-order valence-corrected chi connectivity index (χ1v) is 10.7. The lowest BCUT2D eigenvalue weighted by Gasteiger charge is -2.14. The van der Waals surface area contributed by atoms with Gasteiger partial charge in [0.15, 0.2) is 11.5 Å². The van der Waals surface area contributed by atoms with E-state index in [2.05, 4.69) is 33.7 Å². The number of methoxy groups -OCH3 is 1. The Morgan fingerprint density at radius 2 is 2.00 bits per heavy atom. The highest BCUT2D eigenvalue weighted by Gasteiger charge is 2.15. The molecule has 0 atom stereocenters. The molecule has 154 valence electrons. The van der Waals surface area contributed by atoms with Gasteiger partial charge in [0.05, 0.1) is 10.7 Å². The Labute approximate surface area is 198 Å². The molecule has 1 aromatic heterocycles. The molecule has 1 heterocycles. The van der Waals surface area contributed by atoms with E-state index in [0.29, 0.717) is 38.8 Å². The van der Waals surface area contributed by atoms with Gasteiger partial charge in [0.1, 0.15) is 24.0 Å². The molecule has 0 fully saturated rings. The van der Waals surface area contributed by atoms with Gasteiger partial charge in [0, 0.05) is 27.4 Å². The first-order valence-electron chi connectivity index (χ1n) is 8.82. The molecule has 0 aliphatic rings. The van der Waals surface area contributed by atoms with Crippen LogP contribution in [0.1, 0.15) is 28.0 Å². The van der Waals surface area contributed by atoms with Crippen LogP contribution >= 0.6 is 45.8 Å². The third-order valence-corrected chi connectivity index (χ3v) is 5.84. The summed E-state index contributed by atoms with van der Waals surface area (Å²) in [7, 11) is 1.57. The minimum atomic E-state index is 0.270. The maximum absolute atomic E-state index is 9.32. The van der Waals surface area contributed by atoms with E-state index < -0.39 is 0 Å². The van der Waals surface area contributed by atoms with Crippen LogP contribution in [0.25, 0.3) is 0 Å². The van der Waals surface area contributed by atoms with E-state index in [1.165, 1.54) is 0 Å². The highest BCUT2D eigenvalue weighted by Crippen LogP contribution is 2.35. The number of aryl methyl sites for hydroxylation is 1. The monoisotopic (exact) mass is 554 g/mol. The third kappa shape index (κ3) is 4.91. The molecule has 0 aliphatic carbocycles. The molecule has 0 amide bonds. The molecule has 0 bridgehead atoms. The molecule has 0 unspecified atom stereocenters. The molecule has 0 aliphatic heterocycles. The van der Waals surface area contributed by atoms with Crippen molar-refractivity contribution in [3.05, 3.63) is 72.0 Å². The zero-order valence-corrected chi connectivity index (χ0v) is 20.1. The molecule has 8 heteroatoms. The van der Waals surface area contributed by atoms with Crippen LogP contribution in [0.5, 0.6) is 11.5 Å². The molecule has 5 nitrogen and oxygen atoms in total. The Kier molecular flexibility index (Phi) is 7.29. The summed E-state index contributed by atoms with van der Waals surface area (Å²) in [5.41, 5.74) is 2.83. The number of ether oxygens (including phenoxy) is 2. The number of nitriles is 1. The molecule has 3 rings (SSSR count). The van der Waals surface area contributed by atoms with Crippen LogP contribution in [0.2, 0.25) is 10.0 Å². The summed E-state index contributed by atoms with van der Waals surface area (Å²) in [5.74, 6) is 2.12. The van der Waals surface area contributed by atoms with Crippen LogP contribution in [0.3, 0.4) is 0 Å². The number of rotatable bonds is 6. The number of aliphatic imine (C=N–C) groups is 1. The fourth-order valence-corrected chi connectivity index (χ4v) is 3.95. The Hall–Kier alpha value is -2.21. The lowest BCUT2D eigenvalue weighted by molar-refractivity contribution is 0.282. The van der Waals surface area contributed by atoms with Crippen molar-refractivity contribution in [3.8, 4) is 17.6 Å². The zero-order chi connectivity index (χ0) is 21.8. The topological polar surface area (TPSA) is 67.8 Å². The second-order valence-electron chi connectivity index (χ2n) is 6.39. The van der Waals surface area contributed by atoms with E-state index in [1.807, 2.05) is 19.1 Å². The highest BCUT2D eigenvalue weighted by atomic mass is 127. The Balaban J connectivity index is 1.85. The predicted molar refractivity (Wildman–Crippen MR) is 127 cm³/mol. The Morgan fingerprint density at radius 1 is 1.23 bits per heavy atom. The second-order valence-corrected chi connectivity index (χ2v) is 8.40. The highest BCUT2D eigenvalue weighted by molar-refractivity contribution is 14.1. The normalized spacial score (nSPS) is 11.0. The molecular weight excluding hydrogens is 538 g/mol. The van der Waals surface area contributed by atoms with Crippen LogP contribution in [-0.2, 0) is 6.61 Å². The van der Waals surface area contributed by atoms with Gasteiger partial charge in [-0.2, -0.15) is 5.26 Å². The van der Waals surface area contributed by atoms with Crippen LogP contribution < -0.4 is 9.47 Å². The van der Waals surface area contributed by atoms with Crippen molar-refractivity contribution in [3.63, 3.8) is 0 Å². The fraction of sp³-hybridized carbons (Fsp3) is 0.182. The van der Waals surface area contributed by atoms with Crippen LogP contribution in [0.4, 0.5) is 5.88 Å². The average Bonchev–Trinajstić information content (AvgIpc) is 2.99. The minimum absolute atomic E-state index is 0.270. The molecule has 0 saturated carbocycles. The lowest BCUT2D eigenvalue weighted by atomic mass is 10.2. The van der Waals surface area contributed by atoms with E-state index in [1.54, 1.807) is 38.4 Å². The molecule has 0 spiro atoms. The van der Waals surface area contributed by atoms with Crippen molar-refractivity contribution in [1.29, 1.82) is 5.26 Å². The molecule has 0 saturated heterocycles. The van der Waals surface area contributed by atoms with Crippen molar-refractivity contribution in [1.82, 2.24) is 0 Å². The fourth-order valence-electron chi connectivity index (χ4n) is 2.71. The number of halogens is 3. The number of hydrogen-bond donors (Lipinski definition) is 0. The first-order chi connectivity index (χ1) is 14.3. The summed E-state index contributed by atoms with van der Waals surface area (Å²) in [5, 5.41) is 10.4. The van der Waals surface area contributed by atoms with Gasteiger partial charge in [-0.3, -0.25) is 0 Å². The van der Waals surface area contributed by atoms with Gasteiger partial charge in [-0.1, -0.05) is 29.3 Å². The van der Waals surface area contributed by atoms with Crippen molar-refractivity contribution >= 4 is 57.9 Å². The van der Waals surface area contributed by atoms with Gasteiger partial charge >= 0.3 is 0 Å². The summed E-state index contributed by atoms with van der Waals surface area (Å²) in [6, 6.07) is 11.1. The van der Waals surface area contributed by atoms with Crippen molar-refractivity contribution < 1.29 is 13.9 Å². The molecular formula is C22H17Cl2IN2O3. The standard InChI is InChI=1S/C22H17Cl2IN2O3/c1-12-13(2)30-22(17(12)9-26)27-10-14-6-19(25)21(20(7-14)28-3)29-11-15-4-5-16(23)8-18(15)24/h4-8,10H,11H2,1-3H3. The average molecular weight is 555 g/mol. The molecule has 3 aromatic rings. The van der Waals surface area contributed by atoms with E-state index in [0.717, 1.165) is 20.3 Å². The Morgan fingerprint density at radius 3 is 2.67 bits per heavy atom. The number of hydrogen-bond acceptors (Lipinski definition) is 5. The van der Waals surface area contributed by atoms with Gasteiger partial charge in [-0.25, -0.2) is 4.99 Å². The van der Waals surface area contributed by atoms with Crippen molar-refractivity contribution in [2.75, 3.05) is 7.11 Å². The van der Waals surface area contributed by atoms with Crippen LogP contribution in [-0.4, -0.2) is 13.3 Å². The number of nitrogens with zero attached hydrogens (tertiary/aromatic N) is 2. The quantitative estimate of drug-likeness (QED) is 0.242. The second kappa shape index (κ2) is 9.73. The van der Waals surface area contributed by atoms with E-state index in [-0.39, 0.29) is 6.61 Å². The summed E-state index contributed by atoms with van der Waals surface area (Å²) >= 11 is 14.3. The molecule has 30 heavy (non-hydrogen) atoms. The maximum Gasteiger partial charge on any atom is 0.237 e. The van der Waals surface area contributed by atoms with Gasteiger partial charge in [0.25, 0.3) is 0 Å². The number of furan rings is 1. The summed E-state index contributed by atoms with van der Waals surface area (Å²) in [6.07, 6.45) is 1.63. The summed E-state index contributed by atoms with van der Waals surface area (Å²) in [4.78, 5) is 4.34. The minimum Gasteiger partial charge on any atom is -0.493 e. The molecule has 2 aromatic carbocycles. The van der Waals surface area contributed by atoms with Gasteiger partial charge < -0.3 is 13.9 Å². The zero-order valence-electron chi connectivity index (χ0n) is 16.4. The SMILES string of the molecule is COc1cc(C=Nc2oc(C)c(C)c2C#N)cc(I)c1OCc1ccc(Cl)cc1Cl. The van der Waals surface area contributed by atoms with Crippen molar-refractivity contribution in [2.45, 2.75) is 20.5 Å². The van der Waals surface area contributed by atoms with E-state index in [4.69, 9.17) is 37.1 Å². The van der Waals surface area contributed by atoms with E-state index >= 15 is 0 Å². The van der Waals surface area contributed by atoms with Crippen LogP contribution in [0, 0.1) is 28.7 Å². The van der Waals surface area contributed by atoms with Gasteiger partial charge in [-0.05, 0) is 66.3 Å². The predicted octanol–water partition coefficient (Wildman–Crippen LogP) is 7.02. The molecule has 0 radical (unpaired) electrons. The van der Waals surface area contributed by atoms with Crippen molar-refractivity contribution in [2.24, 2.45) is 4.99 Å². The largest absolute Gasteiger partial charge is 0.493 e. The smallest absolute Gasteiger partial charge is 0.237 e. The van der Waals surface area contributed by atoms with E-state index in [9.17, 15) is 5.26 Å². The molecule has 0 N–H and O–H groups in total. The van der Waals surface area contributed by atoms with Gasteiger partial charge in [0.2, 0.25) is 5.88 Å².